The molecule has 0 radical (unpaired) electrons. The first-order valence-corrected chi connectivity index (χ1v) is 11.6. The quantitative estimate of drug-likeness (QED) is 0.422. The lowest BCUT2D eigenvalue weighted by Gasteiger charge is -2.21. The predicted octanol–water partition coefficient (Wildman–Crippen LogP) is 5.27. The van der Waals surface area contributed by atoms with Crippen LogP contribution < -0.4 is 14.2 Å². The van der Waals surface area contributed by atoms with Crippen LogP contribution in [0.1, 0.15) is 44.7 Å². The van der Waals surface area contributed by atoms with Gasteiger partial charge in [-0.25, -0.2) is 0 Å². The molecule has 4 rings (SSSR count). The molecule has 2 heterocycles. The summed E-state index contributed by atoms with van der Waals surface area (Å²) in [5.74, 6) is 1.74. The topological polar surface area (TPSA) is 48.0 Å². The van der Waals surface area contributed by atoms with Crippen LogP contribution in [0.25, 0.3) is 5.57 Å². The van der Waals surface area contributed by atoms with Gasteiger partial charge in [-0.3, -0.25) is 14.1 Å². The first-order valence-electron chi connectivity index (χ1n) is 11.6. The molecule has 0 amide bonds. The molecule has 1 fully saturated rings. The number of fused-ring (bicyclic) bond motifs is 1. The largest absolute Gasteiger partial charge is 0.489 e. The molecule has 1 atom stereocenters. The van der Waals surface area contributed by atoms with E-state index in [0.717, 1.165) is 48.5 Å². The second kappa shape index (κ2) is 9.96. The third kappa shape index (κ3) is 5.74. The third-order valence-electron chi connectivity index (χ3n) is 5.90. The van der Waals surface area contributed by atoms with Crippen molar-refractivity contribution in [3.8, 4) is 17.2 Å². The first kappa shape index (κ1) is 23.3. The highest BCUT2D eigenvalue weighted by atomic mass is 19.1. The van der Waals surface area contributed by atoms with E-state index >= 15 is 0 Å². The lowest BCUT2D eigenvalue weighted by molar-refractivity contribution is -0.143. The highest BCUT2D eigenvalue weighted by molar-refractivity contribution is 5.85. The Kier molecular flexibility index (Phi) is 7.03. The Morgan fingerprint density at radius 1 is 1.15 bits per heavy atom. The Morgan fingerprint density at radius 3 is 2.64 bits per heavy atom. The molecule has 0 saturated carbocycles. The van der Waals surface area contributed by atoms with Crippen LogP contribution in [0.5, 0.6) is 17.2 Å². The van der Waals surface area contributed by atoms with E-state index in [2.05, 4.69) is 23.1 Å². The van der Waals surface area contributed by atoms with Crippen molar-refractivity contribution in [2.75, 3.05) is 32.9 Å². The molecule has 0 spiro atoms. The number of halogens is 1. The van der Waals surface area contributed by atoms with Crippen LogP contribution in [-0.2, 0) is 4.79 Å². The Labute approximate surface area is 195 Å². The maximum atomic E-state index is 12.4. The van der Waals surface area contributed by atoms with E-state index in [1.165, 1.54) is 0 Å². The molecule has 0 aromatic heterocycles. The lowest BCUT2D eigenvalue weighted by Crippen LogP contribution is -2.26. The fraction of sp³-hybridized carbons (Fsp3) is 0.444. The van der Waals surface area contributed by atoms with Crippen molar-refractivity contribution in [1.82, 2.24) is 4.90 Å². The summed E-state index contributed by atoms with van der Waals surface area (Å²) in [6.07, 6.45) is 3.75. The van der Waals surface area contributed by atoms with E-state index in [0.29, 0.717) is 24.5 Å². The van der Waals surface area contributed by atoms with Crippen LogP contribution in [0.2, 0.25) is 0 Å². The fourth-order valence-electron chi connectivity index (χ4n) is 4.05. The maximum absolute atomic E-state index is 12.4. The Bertz CT molecular complexity index is 1010. The molecule has 33 heavy (non-hydrogen) atoms. The molecule has 1 saturated heterocycles. The highest BCUT2D eigenvalue weighted by Gasteiger charge is 2.25. The molecule has 6 heteroatoms. The molecule has 0 unspecified atom stereocenters. The van der Waals surface area contributed by atoms with Crippen LogP contribution >= 0.6 is 0 Å². The zero-order valence-corrected chi connectivity index (χ0v) is 19.6. The summed E-state index contributed by atoms with van der Waals surface area (Å²) < 4.78 is 29.9. The van der Waals surface area contributed by atoms with E-state index in [1.807, 2.05) is 39.0 Å². The average Bonchev–Trinajstić information content (AvgIpc) is 3.24. The van der Waals surface area contributed by atoms with Crippen molar-refractivity contribution in [2.24, 2.45) is 5.41 Å². The fourth-order valence-corrected chi connectivity index (χ4v) is 4.05. The van der Waals surface area contributed by atoms with Gasteiger partial charge in [0.15, 0.2) is 0 Å². The van der Waals surface area contributed by atoms with Gasteiger partial charge in [0.05, 0.1) is 12.1 Å². The zero-order chi connectivity index (χ0) is 23.4. The molecule has 2 aliphatic heterocycles. The predicted molar refractivity (Wildman–Crippen MR) is 127 cm³/mol. The number of nitrogens with zero attached hydrogens (tertiary/aromatic N) is 1. The Hall–Kier alpha value is -2.86. The summed E-state index contributed by atoms with van der Waals surface area (Å²) >= 11 is 0. The van der Waals surface area contributed by atoms with Crippen LogP contribution in [0, 0.1) is 5.41 Å². The van der Waals surface area contributed by atoms with Gasteiger partial charge in [0.2, 0.25) is 0 Å². The number of benzene rings is 2. The maximum Gasteiger partial charge on any atom is 0.316 e. The van der Waals surface area contributed by atoms with Gasteiger partial charge < -0.3 is 14.2 Å². The summed E-state index contributed by atoms with van der Waals surface area (Å²) in [5.41, 5.74) is 2.54. The van der Waals surface area contributed by atoms with Gasteiger partial charge in [0.1, 0.15) is 30.0 Å². The molecule has 5 nitrogen and oxygen atoms in total. The number of ether oxygens (including phenoxy) is 3. The van der Waals surface area contributed by atoms with Crippen molar-refractivity contribution < 1.29 is 23.4 Å². The Morgan fingerprint density at radius 2 is 1.91 bits per heavy atom. The van der Waals surface area contributed by atoms with Gasteiger partial charge in [-0.15, -0.1) is 0 Å². The SMILES string of the molecule is CC(C)(C)C(=O)Oc1ccc2c(c1)OCC=C2c1ccc(O[C@H]2CCN(CCCF)C2)cc1. The normalized spacial score (nSPS) is 18.3. The minimum absolute atomic E-state index is 0.146. The number of likely N-dealkylation sites (tertiary alicyclic amines) is 1. The standard InChI is InChI=1S/C27H32FNO4/c1-27(2,3)26(30)33-21-9-10-24-23(12-16-31-25(24)17-21)19-5-7-20(8-6-19)32-22-11-15-29(18-22)14-4-13-28/h5-10,12,17,22H,4,11,13-16,18H2,1-3H3/t22-/m0/s1. The van der Waals surface area contributed by atoms with Crippen LogP contribution in [0.15, 0.2) is 48.5 Å². The number of carbonyl (C=O) groups excluding carboxylic acids is 1. The molecule has 0 N–H and O–H groups in total. The minimum Gasteiger partial charge on any atom is -0.489 e. The summed E-state index contributed by atoms with van der Waals surface area (Å²) in [6.45, 7) is 8.27. The van der Waals surface area contributed by atoms with Crippen molar-refractivity contribution in [3.63, 3.8) is 0 Å². The monoisotopic (exact) mass is 453 g/mol. The zero-order valence-electron chi connectivity index (χ0n) is 19.6. The summed E-state index contributed by atoms with van der Waals surface area (Å²) in [7, 11) is 0. The smallest absolute Gasteiger partial charge is 0.316 e. The van der Waals surface area contributed by atoms with E-state index in [-0.39, 0.29) is 18.7 Å². The molecular formula is C27H32FNO4. The Balaban J connectivity index is 1.42. The van der Waals surface area contributed by atoms with Gasteiger partial charge in [0.25, 0.3) is 0 Å². The number of esters is 1. The minimum atomic E-state index is -0.573. The summed E-state index contributed by atoms with van der Waals surface area (Å²) in [6, 6.07) is 13.6. The molecule has 2 aliphatic rings. The summed E-state index contributed by atoms with van der Waals surface area (Å²) in [5, 5.41) is 0. The lowest BCUT2D eigenvalue weighted by atomic mass is 9.95. The molecule has 0 aliphatic carbocycles. The number of carbonyl (C=O) groups is 1. The van der Waals surface area contributed by atoms with Crippen molar-refractivity contribution >= 4 is 11.5 Å². The number of hydrogen-bond donors (Lipinski definition) is 0. The highest BCUT2D eigenvalue weighted by Crippen LogP contribution is 2.37. The third-order valence-corrected chi connectivity index (χ3v) is 5.90. The van der Waals surface area contributed by atoms with Gasteiger partial charge >= 0.3 is 5.97 Å². The average molecular weight is 454 g/mol. The number of alkyl halides is 1. The molecule has 176 valence electrons. The second-order valence-electron chi connectivity index (χ2n) is 9.62. The summed E-state index contributed by atoms with van der Waals surface area (Å²) in [4.78, 5) is 14.5. The molecule has 0 bridgehead atoms. The van der Waals surface area contributed by atoms with Gasteiger partial charge in [-0.05, 0) is 75.1 Å². The van der Waals surface area contributed by atoms with Crippen LogP contribution in [0.3, 0.4) is 0 Å². The molecular weight excluding hydrogens is 421 g/mol. The number of rotatable bonds is 7. The van der Waals surface area contributed by atoms with E-state index in [1.54, 1.807) is 12.1 Å². The van der Waals surface area contributed by atoms with Gasteiger partial charge in [0, 0.05) is 31.3 Å². The van der Waals surface area contributed by atoms with Crippen molar-refractivity contribution in [3.05, 3.63) is 59.7 Å². The molecule has 2 aromatic rings. The van der Waals surface area contributed by atoms with Crippen molar-refractivity contribution in [1.29, 1.82) is 0 Å². The van der Waals surface area contributed by atoms with Crippen LogP contribution in [-0.4, -0.2) is 49.9 Å². The first-order chi connectivity index (χ1) is 15.8. The van der Waals surface area contributed by atoms with E-state index in [4.69, 9.17) is 14.2 Å². The number of hydrogen-bond acceptors (Lipinski definition) is 5. The van der Waals surface area contributed by atoms with E-state index in [9.17, 15) is 9.18 Å². The van der Waals surface area contributed by atoms with Crippen LogP contribution in [0.4, 0.5) is 4.39 Å². The van der Waals surface area contributed by atoms with E-state index < -0.39 is 5.41 Å². The molecule has 2 aromatic carbocycles. The van der Waals surface area contributed by atoms with Gasteiger partial charge in [-0.1, -0.05) is 12.1 Å². The van der Waals surface area contributed by atoms with Gasteiger partial charge in [-0.2, -0.15) is 0 Å². The second-order valence-corrected chi connectivity index (χ2v) is 9.62. The van der Waals surface area contributed by atoms with Crippen molar-refractivity contribution in [2.45, 2.75) is 39.7 Å².